The summed E-state index contributed by atoms with van der Waals surface area (Å²) in [6.07, 6.45) is 15.3. The van der Waals surface area contributed by atoms with Crippen molar-refractivity contribution in [1.82, 2.24) is 0 Å². The van der Waals surface area contributed by atoms with Crippen LogP contribution in [0.3, 0.4) is 0 Å². The number of carbonyl (C=O) groups is 2. The summed E-state index contributed by atoms with van der Waals surface area (Å²) in [4.78, 5) is 26.9. The molecule has 7 heteroatoms. The summed E-state index contributed by atoms with van der Waals surface area (Å²) in [7, 11) is 1.34. The number of esters is 1. The van der Waals surface area contributed by atoms with Gasteiger partial charge in [0, 0.05) is 6.61 Å². The van der Waals surface area contributed by atoms with E-state index in [0.717, 1.165) is 62.7 Å². The average Bonchev–Trinajstić information content (AvgIpc) is 3.14. The zero-order valence-corrected chi connectivity index (χ0v) is 29.6. The highest BCUT2D eigenvalue weighted by molar-refractivity contribution is 6.10. The van der Waals surface area contributed by atoms with Crippen molar-refractivity contribution in [1.29, 1.82) is 0 Å². The van der Waals surface area contributed by atoms with Crippen LogP contribution in [0.15, 0.2) is 78.9 Å². The standard InChI is InChI=1S/C42H56O7/c1-33(49-40-26-18-19-29-46-40)20-12-8-6-4-3-5-7-9-17-25-37(42(44)45-2)41(43)38-30-36(47-31-34-21-13-10-14-22-34)27-28-39(38)48-32-35-23-15-11-16-24-35/h10-11,13-16,21-24,27-28,30,33,37,40H,3-9,12,17-20,25-26,29,31-32H2,1-2H3. The first-order chi connectivity index (χ1) is 24.0. The quantitative estimate of drug-likeness (QED) is 0.0429. The van der Waals surface area contributed by atoms with Crippen molar-refractivity contribution in [2.75, 3.05) is 13.7 Å². The molecule has 0 spiro atoms. The van der Waals surface area contributed by atoms with Gasteiger partial charge < -0.3 is 23.7 Å². The van der Waals surface area contributed by atoms with Gasteiger partial charge in [-0.15, -0.1) is 0 Å². The van der Waals surface area contributed by atoms with Crippen LogP contribution in [0.1, 0.15) is 118 Å². The van der Waals surface area contributed by atoms with Gasteiger partial charge in [0.05, 0.1) is 18.8 Å². The largest absolute Gasteiger partial charge is 0.489 e. The Morgan fingerprint density at radius 2 is 1.33 bits per heavy atom. The van der Waals surface area contributed by atoms with E-state index in [1.54, 1.807) is 18.2 Å². The van der Waals surface area contributed by atoms with E-state index in [4.69, 9.17) is 23.7 Å². The van der Waals surface area contributed by atoms with Gasteiger partial charge in [-0.1, -0.05) is 118 Å². The molecule has 1 fully saturated rings. The molecule has 1 aliphatic rings. The van der Waals surface area contributed by atoms with Crippen LogP contribution < -0.4 is 9.47 Å². The van der Waals surface area contributed by atoms with Gasteiger partial charge in [0.2, 0.25) is 0 Å². The van der Waals surface area contributed by atoms with Gasteiger partial charge in [-0.25, -0.2) is 0 Å². The molecule has 266 valence electrons. The molecule has 1 saturated heterocycles. The molecule has 0 N–H and O–H groups in total. The molecule has 0 bridgehead atoms. The lowest BCUT2D eigenvalue weighted by molar-refractivity contribution is -0.185. The highest BCUT2D eigenvalue weighted by atomic mass is 16.7. The molecular formula is C42H56O7. The fourth-order valence-electron chi connectivity index (χ4n) is 6.24. The van der Waals surface area contributed by atoms with Crippen LogP contribution in [0.4, 0.5) is 0 Å². The molecule has 7 nitrogen and oxygen atoms in total. The van der Waals surface area contributed by atoms with Crippen LogP contribution in [0, 0.1) is 5.92 Å². The van der Waals surface area contributed by atoms with Crippen LogP contribution in [0.25, 0.3) is 0 Å². The van der Waals surface area contributed by atoms with Gasteiger partial charge in [-0.05, 0) is 68.4 Å². The van der Waals surface area contributed by atoms with Crippen molar-refractivity contribution < 1.29 is 33.3 Å². The Labute approximate surface area is 293 Å². The van der Waals surface area contributed by atoms with Gasteiger partial charge >= 0.3 is 5.97 Å². The van der Waals surface area contributed by atoms with Crippen LogP contribution in [0.5, 0.6) is 11.5 Å². The van der Waals surface area contributed by atoms with Gasteiger partial charge in [-0.3, -0.25) is 9.59 Å². The minimum Gasteiger partial charge on any atom is -0.489 e. The van der Waals surface area contributed by atoms with E-state index in [1.807, 2.05) is 60.7 Å². The molecule has 3 atom stereocenters. The second-order valence-electron chi connectivity index (χ2n) is 13.1. The summed E-state index contributed by atoms with van der Waals surface area (Å²) in [6, 6.07) is 24.9. The third-order valence-corrected chi connectivity index (χ3v) is 9.13. The van der Waals surface area contributed by atoms with Crippen LogP contribution in [-0.2, 0) is 32.2 Å². The number of rotatable bonds is 23. The zero-order valence-electron chi connectivity index (χ0n) is 29.6. The number of ketones is 1. The molecule has 0 saturated carbocycles. The van der Waals surface area contributed by atoms with Gasteiger partial charge in [0.1, 0.15) is 30.6 Å². The number of methoxy groups -OCH3 is 1. The lowest BCUT2D eigenvalue weighted by atomic mass is 9.91. The molecular weight excluding hydrogens is 616 g/mol. The van der Waals surface area contributed by atoms with E-state index in [-0.39, 0.29) is 18.2 Å². The predicted molar refractivity (Wildman–Crippen MR) is 193 cm³/mol. The van der Waals surface area contributed by atoms with Gasteiger partial charge in [0.15, 0.2) is 12.1 Å². The fraction of sp³-hybridized carbons (Fsp3) is 0.524. The smallest absolute Gasteiger partial charge is 0.316 e. The third-order valence-electron chi connectivity index (χ3n) is 9.13. The minimum absolute atomic E-state index is 0.00264. The first-order valence-corrected chi connectivity index (χ1v) is 18.4. The maximum atomic E-state index is 14.0. The lowest BCUT2D eigenvalue weighted by Gasteiger charge is -2.26. The molecule has 1 heterocycles. The molecule has 3 unspecified atom stereocenters. The summed E-state index contributed by atoms with van der Waals surface area (Å²) < 4.78 is 29.0. The Kier molecular flexibility index (Phi) is 17.2. The molecule has 3 aromatic rings. The predicted octanol–water partition coefficient (Wildman–Crippen LogP) is 10.0. The molecule has 0 radical (unpaired) electrons. The van der Waals surface area contributed by atoms with E-state index in [9.17, 15) is 9.59 Å². The fourth-order valence-corrected chi connectivity index (χ4v) is 6.24. The molecule has 3 aromatic carbocycles. The molecule has 0 aliphatic carbocycles. The van der Waals surface area contributed by atoms with Crippen molar-refractivity contribution in [3.05, 3.63) is 95.6 Å². The normalized spacial score (nSPS) is 15.7. The average molecular weight is 673 g/mol. The molecule has 0 aromatic heterocycles. The van der Waals surface area contributed by atoms with Crippen LogP contribution in [-0.4, -0.2) is 37.9 Å². The maximum Gasteiger partial charge on any atom is 0.316 e. The van der Waals surface area contributed by atoms with Gasteiger partial charge in [0.25, 0.3) is 0 Å². The SMILES string of the molecule is COC(=O)C(CCCCCCCCCCCC(C)OC1CCCCO1)C(=O)c1cc(OCc2ccccc2)ccc1OCc1ccccc1. The Morgan fingerprint density at radius 1 is 0.735 bits per heavy atom. The highest BCUT2D eigenvalue weighted by Gasteiger charge is 2.30. The summed E-state index contributed by atoms with van der Waals surface area (Å²) in [6.45, 7) is 3.66. The number of hydrogen-bond acceptors (Lipinski definition) is 7. The van der Waals surface area contributed by atoms with Crippen LogP contribution >= 0.6 is 0 Å². The highest BCUT2D eigenvalue weighted by Crippen LogP contribution is 2.30. The number of hydrogen-bond donors (Lipinski definition) is 0. The summed E-state index contributed by atoms with van der Waals surface area (Å²) in [5, 5.41) is 0. The second-order valence-corrected chi connectivity index (χ2v) is 13.1. The first kappa shape index (κ1) is 38.1. The monoisotopic (exact) mass is 672 g/mol. The third kappa shape index (κ3) is 14.0. The Hall–Kier alpha value is -3.68. The van der Waals surface area contributed by atoms with E-state index in [1.165, 1.54) is 45.6 Å². The van der Waals surface area contributed by atoms with Crippen molar-refractivity contribution in [3.8, 4) is 11.5 Å². The number of unbranched alkanes of at least 4 members (excludes halogenated alkanes) is 8. The number of ether oxygens (including phenoxy) is 5. The second kappa shape index (κ2) is 22.1. The topological polar surface area (TPSA) is 80.3 Å². The lowest BCUT2D eigenvalue weighted by Crippen LogP contribution is -2.26. The maximum absolute atomic E-state index is 14.0. The minimum atomic E-state index is -0.899. The van der Waals surface area contributed by atoms with Crippen molar-refractivity contribution in [2.24, 2.45) is 5.92 Å². The number of benzene rings is 3. The summed E-state index contributed by atoms with van der Waals surface area (Å²) in [5.41, 5.74) is 2.34. The summed E-state index contributed by atoms with van der Waals surface area (Å²) >= 11 is 0. The molecule has 0 amide bonds. The van der Waals surface area contributed by atoms with Gasteiger partial charge in [-0.2, -0.15) is 0 Å². The Balaban J connectivity index is 1.22. The van der Waals surface area contributed by atoms with Crippen molar-refractivity contribution in [2.45, 2.75) is 122 Å². The zero-order chi connectivity index (χ0) is 34.5. The first-order valence-electron chi connectivity index (χ1n) is 18.4. The van der Waals surface area contributed by atoms with E-state index in [0.29, 0.717) is 36.7 Å². The Morgan fingerprint density at radius 3 is 1.92 bits per heavy atom. The van der Waals surface area contributed by atoms with Crippen molar-refractivity contribution >= 4 is 11.8 Å². The molecule has 49 heavy (non-hydrogen) atoms. The number of carbonyl (C=O) groups excluding carboxylic acids is 2. The molecule has 1 aliphatic heterocycles. The molecule has 4 rings (SSSR count). The van der Waals surface area contributed by atoms with E-state index < -0.39 is 11.9 Å². The van der Waals surface area contributed by atoms with Crippen LogP contribution in [0.2, 0.25) is 0 Å². The van der Waals surface area contributed by atoms with E-state index in [2.05, 4.69) is 6.92 Å². The van der Waals surface area contributed by atoms with E-state index >= 15 is 0 Å². The Bertz CT molecular complexity index is 1350. The number of Topliss-reactive ketones (excluding diaryl/α,β-unsaturated/α-hetero) is 1. The summed E-state index contributed by atoms with van der Waals surface area (Å²) in [5.74, 6) is -0.744. The van der Waals surface area contributed by atoms with Crippen molar-refractivity contribution in [3.63, 3.8) is 0 Å².